The van der Waals surface area contributed by atoms with E-state index in [1.807, 2.05) is 0 Å². The third kappa shape index (κ3) is 3.84. The Labute approximate surface area is 163 Å². The van der Waals surface area contributed by atoms with Crippen molar-refractivity contribution in [2.24, 2.45) is 5.92 Å². The summed E-state index contributed by atoms with van der Waals surface area (Å²) in [5, 5.41) is 7.63. The molecule has 2 aromatic rings. The molecule has 1 atom stereocenters. The number of alkyl halides is 1. The van der Waals surface area contributed by atoms with E-state index >= 15 is 4.39 Å². The molecule has 7 nitrogen and oxygen atoms in total. The fourth-order valence-electron chi connectivity index (χ4n) is 3.46. The molecule has 1 aliphatic heterocycles. The van der Waals surface area contributed by atoms with Gasteiger partial charge >= 0.3 is 6.03 Å². The SMILES string of the molecule is Cc1ccccc1S(=O)(=O)C(C)(F)C1CCN(C(=O)Nc2ccnnc2)CC1. The number of nitrogens with one attached hydrogen (secondary N) is 1. The summed E-state index contributed by atoms with van der Waals surface area (Å²) in [6.07, 6.45) is 3.42. The summed E-state index contributed by atoms with van der Waals surface area (Å²) in [7, 11) is -4.16. The molecule has 9 heteroatoms. The normalized spacial score (nSPS) is 17.8. The third-order valence-electron chi connectivity index (χ3n) is 5.26. The Balaban J connectivity index is 1.68. The maximum atomic E-state index is 15.6. The van der Waals surface area contributed by atoms with E-state index in [4.69, 9.17) is 0 Å². The molecule has 1 unspecified atom stereocenters. The van der Waals surface area contributed by atoms with Gasteiger partial charge in [-0.2, -0.15) is 10.2 Å². The fourth-order valence-corrected chi connectivity index (χ4v) is 5.31. The Morgan fingerprint density at radius 1 is 1.21 bits per heavy atom. The van der Waals surface area contributed by atoms with Crippen molar-refractivity contribution in [1.29, 1.82) is 0 Å². The third-order valence-corrected chi connectivity index (χ3v) is 7.68. The molecule has 0 bridgehead atoms. The highest BCUT2D eigenvalue weighted by Crippen LogP contribution is 2.40. The fraction of sp³-hybridized carbons (Fsp3) is 0.421. The summed E-state index contributed by atoms with van der Waals surface area (Å²) in [5.74, 6) is -0.691. The molecule has 3 rings (SSSR count). The van der Waals surface area contributed by atoms with Gasteiger partial charge in [0.05, 0.1) is 23.0 Å². The van der Waals surface area contributed by atoms with Gasteiger partial charge in [-0.25, -0.2) is 17.6 Å². The smallest absolute Gasteiger partial charge is 0.321 e. The Bertz CT molecular complexity index is 943. The minimum Gasteiger partial charge on any atom is -0.325 e. The summed E-state index contributed by atoms with van der Waals surface area (Å²) < 4.78 is 41.5. The number of likely N-dealkylation sites (tertiary alicyclic amines) is 1. The predicted octanol–water partition coefficient (Wildman–Crippen LogP) is 3.19. The van der Waals surface area contributed by atoms with Gasteiger partial charge in [-0.1, -0.05) is 18.2 Å². The Morgan fingerprint density at radius 2 is 1.89 bits per heavy atom. The lowest BCUT2D eigenvalue weighted by Gasteiger charge is -2.37. The monoisotopic (exact) mass is 406 g/mol. The van der Waals surface area contributed by atoms with Crippen molar-refractivity contribution < 1.29 is 17.6 Å². The number of carbonyl (C=O) groups is 1. The van der Waals surface area contributed by atoms with Crippen LogP contribution in [0.4, 0.5) is 14.9 Å². The molecule has 150 valence electrons. The van der Waals surface area contributed by atoms with Crippen LogP contribution in [0.2, 0.25) is 0 Å². The molecular weight excluding hydrogens is 383 g/mol. The van der Waals surface area contributed by atoms with Crippen LogP contribution in [0.5, 0.6) is 0 Å². The minimum atomic E-state index is -4.16. The highest BCUT2D eigenvalue weighted by Gasteiger charge is 2.49. The van der Waals surface area contributed by atoms with Crippen LogP contribution < -0.4 is 5.32 Å². The minimum absolute atomic E-state index is 0.0189. The molecule has 0 aliphatic carbocycles. The number of rotatable bonds is 4. The van der Waals surface area contributed by atoms with Crippen molar-refractivity contribution in [2.45, 2.75) is 36.6 Å². The lowest BCUT2D eigenvalue weighted by atomic mass is 9.92. The standard InChI is InChI=1S/C19H23FN4O3S/c1-14-5-3-4-6-17(14)28(26,27)19(2,20)15-8-11-24(12-9-15)18(25)23-16-7-10-21-22-13-16/h3-7,10,13,15H,8-9,11-12H2,1-2H3,(H,21,23,25). The van der Waals surface area contributed by atoms with E-state index < -0.39 is 20.8 Å². The number of urea groups is 1. The molecule has 1 aliphatic rings. The van der Waals surface area contributed by atoms with Crippen molar-refractivity contribution in [3.05, 3.63) is 48.3 Å². The summed E-state index contributed by atoms with van der Waals surface area (Å²) in [4.78, 5) is 13.9. The Hall–Kier alpha value is -2.55. The van der Waals surface area contributed by atoms with Gasteiger partial charge in [-0.3, -0.25) is 0 Å². The van der Waals surface area contributed by atoms with Crippen molar-refractivity contribution >= 4 is 21.6 Å². The number of aryl methyl sites for hydroxylation is 1. The van der Waals surface area contributed by atoms with Gasteiger partial charge in [0.15, 0.2) is 0 Å². The first-order valence-electron chi connectivity index (χ1n) is 9.05. The van der Waals surface area contributed by atoms with E-state index in [0.29, 0.717) is 11.3 Å². The summed E-state index contributed by atoms with van der Waals surface area (Å²) in [5.41, 5.74) is 1.04. The zero-order valence-electron chi connectivity index (χ0n) is 15.8. The molecular formula is C19H23FN4O3S. The van der Waals surface area contributed by atoms with E-state index in [1.165, 1.54) is 18.5 Å². The van der Waals surface area contributed by atoms with Crippen LogP contribution in [0.1, 0.15) is 25.3 Å². The first-order valence-corrected chi connectivity index (χ1v) is 10.5. The van der Waals surface area contributed by atoms with Crippen LogP contribution in [-0.2, 0) is 9.84 Å². The number of aromatic nitrogens is 2. The number of halogens is 1. The highest BCUT2D eigenvalue weighted by molar-refractivity contribution is 7.92. The van der Waals surface area contributed by atoms with Crippen LogP contribution in [0, 0.1) is 12.8 Å². The zero-order chi connectivity index (χ0) is 20.4. The van der Waals surface area contributed by atoms with Crippen molar-refractivity contribution in [1.82, 2.24) is 15.1 Å². The number of nitrogens with zero attached hydrogens (tertiary/aromatic N) is 3. The number of hydrogen-bond donors (Lipinski definition) is 1. The number of amides is 2. The van der Waals surface area contributed by atoms with E-state index in [9.17, 15) is 13.2 Å². The van der Waals surface area contributed by atoms with Gasteiger partial charge in [-0.05, 0) is 44.4 Å². The van der Waals surface area contributed by atoms with Crippen molar-refractivity contribution in [3.63, 3.8) is 0 Å². The first-order chi connectivity index (χ1) is 13.2. The maximum absolute atomic E-state index is 15.6. The lowest BCUT2D eigenvalue weighted by molar-refractivity contribution is 0.117. The maximum Gasteiger partial charge on any atom is 0.321 e. The summed E-state index contributed by atoms with van der Waals surface area (Å²) in [6, 6.07) is 7.70. The van der Waals surface area contributed by atoms with Crippen molar-refractivity contribution in [3.8, 4) is 0 Å². The molecule has 0 radical (unpaired) electrons. The van der Waals surface area contributed by atoms with Gasteiger partial charge < -0.3 is 10.2 Å². The van der Waals surface area contributed by atoms with E-state index in [2.05, 4.69) is 15.5 Å². The molecule has 1 saturated heterocycles. The zero-order valence-corrected chi connectivity index (χ0v) is 16.6. The predicted molar refractivity (Wildman–Crippen MR) is 103 cm³/mol. The second-order valence-electron chi connectivity index (χ2n) is 7.08. The van der Waals surface area contributed by atoms with Crippen LogP contribution in [-0.4, -0.2) is 47.6 Å². The van der Waals surface area contributed by atoms with Gasteiger partial charge in [0.1, 0.15) is 0 Å². The van der Waals surface area contributed by atoms with E-state index in [1.54, 1.807) is 36.1 Å². The van der Waals surface area contributed by atoms with Crippen LogP contribution in [0.25, 0.3) is 0 Å². The molecule has 2 amide bonds. The Kier molecular flexibility index (Phi) is 5.64. The van der Waals surface area contributed by atoms with Crippen LogP contribution in [0.15, 0.2) is 47.6 Å². The molecule has 0 spiro atoms. The van der Waals surface area contributed by atoms with Crippen molar-refractivity contribution in [2.75, 3.05) is 18.4 Å². The molecule has 1 fully saturated rings. The number of carbonyl (C=O) groups excluding carboxylic acids is 1. The van der Waals surface area contributed by atoms with Crippen LogP contribution in [0.3, 0.4) is 0 Å². The van der Waals surface area contributed by atoms with Gasteiger partial charge in [-0.15, -0.1) is 0 Å². The van der Waals surface area contributed by atoms with E-state index in [-0.39, 0.29) is 36.9 Å². The summed E-state index contributed by atoms with van der Waals surface area (Å²) >= 11 is 0. The van der Waals surface area contributed by atoms with Gasteiger partial charge in [0.25, 0.3) is 0 Å². The Morgan fingerprint density at radius 3 is 2.50 bits per heavy atom. The lowest BCUT2D eigenvalue weighted by Crippen LogP contribution is -2.48. The molecule has 1 aromatic heterocycles. The molecule has 2 heterocycles. The molecule has 1 aromatic carbocycles. The number of hydrogen-bond acceptors (Lipinski definition) is 5. The number of sulfone groups is 1. The summed E-state index contributed by atoms with van der Waals surface area (Å²) in [6.45, 7) is 3.34. The molecule has 28 heavy (non-hydrogen) atoms. The molecule has 0 saturated carbocycles. The van der Waals surface area contributed by atoms with Gasteiger partial charge in [0.2, 0.25) is 14.8 Å². The largest absolute Gasteiger partial charge is 0.325 e. The van der Waals surface area contributed by atoms with E-state index in [0.717, 1.165) is 6.92 Å². The number of benzene rings is 1. The first kappa shape index (κ1) is 20.2. The molecule has 1 N–H and O–H groups in total. The average molecular weight is 406 g/mol. The number of anilines is 1. The quantitative estimate of drug-likeness (QED) is 0.842. The number of piperidine rings is 1. The van der Waals surface area contributed by atoms with Gasteiger partial charge in [0, 0.05) is 19.0 Å². The van der Waals surface area contributed by atoms with Crippen LogP contribution >= 0.6 is 0 Å². The second-order valence-corrected chi connectivity index (χ2v) is 9.32. The highest BCUT2D eigenvalue weighted by atomic mass is 32.2. The average Bonchev–Trinajstić information content (AvgIpc) is 2.69. The second kappa shape index (κ2) is 7.83. The topological polar surface area (TPSA) is 92.3 Å².